The van der Waals surface area contributed by atoms with Crippen molar-refractivity contribution < 1.29 is 24.2 Å². The molecule has 0 spiro atoms. The largest absolute Gasteiger partial charge is 0.480 e. The molecule has 7 nitrogen and oxygen atoms in total. The second-order valence-corrected chi connectivity index (χ2v) is 9.46. The highest BCUT2D eigenvalue weighted by atomic mass is 16.5. The smallest absolute Gasteiger partial charge is 0.326 e. The molecular weight excluding hydrogens is 444 g/mol. The SMILES string of the molecule is CCC/C=C\CCCCCCCC(=O)OC(CCC)CCCCCC(=O)NC(CCCN)C(=O)O. The number of carboxylic acid groups (broad SMARTS) is 1. The lowest BCUT2D eigenvalue weighted by molar-refractivity contribution is -0.150. The Bertz CT molecular complexity index is 580. The molecule has 0 heterocycles. The fourth-order valence-electron chi connectivity index (χ4n) is 3.97. The monoisotopic (exact) mass is 496 g/mol. The van der Waals surface area contributed by atoms with Crippen LogP contribution in [0.2, 0.25) is 0 Å². The first-order valence-electron chi connectivity index (χ1n) is 14.0. The van der Waals surface area contributed by atoms with Crippen LogP contribution in [0.3, 0.4) is 0 Å². The lowest BCUT2D eigenvalue weighted by Gasteiger charge is -2.17. The minimum atomic E-state index is -1.02. The Morgan fingerprint density at radius 3 is 2.14 bits per heavy atom. The number of allylic oxidation sites excluding steroid dienone is 2. The number of nitrogens with two attached hydrogens (primary N) is 1. The number of ether oxygens (including phenoxy) is 1. The average molecular weight is 497 g/mol. The molecule has 204 valence electrons. The third-order valence-corrected chi connectivity index (χ3v) is 6.04. The molecule has 4 N–H and O–H groups in total. The first-order valence-corrected chi connectivity index (χ1v) is 14.0. The summed E-state index contributed by atoms with van der Waals surface area (Å²) in [5.41, 5.74) is 5.42. The van der Waals surface area contributed by atoms with E-state index in [-0.39, 0.29) is 18.0 Å². The number of nitrogens with one attached hydrogen (secondary N) is 1. The average Bonchev–Trinajstić information content (AvgIpc) is 2.82. The number of amides is 1. The van der Waals surface area contributed by atoms with Gasteiger partial charge in [0.05, 0.1) is 0 Å². The van der Waals surface area contributed by atoms with Gasteiger partial charge in [-0.05, 0) is 70.8 Å². The molecule has 0 aliphatic heterocycles. The summed E-state index contributed by atoms with van der Waals surface area (Å²) < 4.78 is 5.71. The number of aliphatic carboxylic acids is 1. The molecular formula is C28H52N2O5. The van der Waals surface area contributed by atoms with E-state index in [1.165, 1.54) is 32.1 Å². The number of carbonyl (C=O) groups is 3. The summed E-state index contributed by atoms with van der Waals surface area (Å²) in [6.07, 6.45) is 20.3. The van der Waals surface area contributed by atoms with Crippen LogP contribution in [0.4, 0.5) is 0 Å². The third-order valence-electron chi connectivity index (χ3n) is 6.04. The molecule has 0 aromatic rings. The van der Waals surface area contributed by atoms with Crippen molar-refractivity contribution in [2.24, 2.45) is 5.73 Å². The molecule has 0 aromatic heterocycles. The first-order chi connectivity index (χ1) is 16.9. The summed E-state index contributed by atoms with van der Waals surface area (Å²) >= 11 is 0. The Hall–Kier alpha value is -1.89. The molecule has 0 saturated heterocycles. The number of rotatable bonds is 24. The van der Waals surface area contributed by atoms with Crippen LogP contribution in [0.1, 0.15) is 129 Å². The minimum Gasteiger partial charge on any atom is -0.480 e. The van der Waals surface area contributed by atoms with Crippen molar-refractivity contribution >= 4 is 17.8 Å². The van der Waals surface area contributed by atoms with Gasteiger partial charge in [-0.2, -0.15) is 0 Å². The van der Waals surface area contributed by atoms with Gasteiger partial charge in [0, 0.05) is 12.8 Å². The van der Waals surface area contributed by atoms with Gasteiger partial charge < -0.3 is 20.9 Å². The third kappa shape index (κ3) is 21.1. The van der Waals surface area contributed by atoms with Crippen LogP contribution in [0, 0.1) is 0 Å². The quantitative estimate of drug-likeness (QED) is 0.0851. The summed E-state index contributed by atoms with van der Waals surface area (Å²) in [4.78, 5) is 35.5. The highest BCUT2D eigenvalue weighted by Gasteiger charge is 2.19. The zero-order valence-electron chi connectivity index (χ0n) is 22.4. The van der Waals surface area contributed by atoms with Gasteiger partial charge in [-0.25, -0.2) is 4.79 Å². The molecule has 1 amide bonds. The van der Waals surface area contributed by atoms with Crippen molar-refractivity contribution in [3.05, 3.63) is 12.2 Å². The van der Waals surface area contributed by atoms with Crippen molar-refractivity contribution in [3.63, 3.8) is 0 Å². The summed E-state index contributed by atoms with van der Waals surface area (Å²) in [5.74, 6) is -1.35. The van der Waals surface area contributed by atoms with Gasteiger partial charge in [0.1, 0.15) is 12.1 Å². The van der Waals surface area contributed by atoms with E-state index in [4.69, 9.17) is 10.5 Å². The summed E-state index contributed by atoms with van der Waals surface area (Å²) in [6, 6.07) is -0.868. The van der Waals surface area contributed by atoms with E-state index >= 15 is 0 Å². The van der Waals surface area contributed by atoms with Gasteiger partial charge in [-0.1, -0.05) is 64.5 Å². The lowest BCUT2D eigenvalue weighted by Crippen LogP contribution is -2.40. The zero-order chi connectivity index (χ0) is 26.2. The lowest BCUT2D eigenvalue weighted by atomic mass is 10.0. The predicted molar refractivity (Wildman–Crippen MR) is 142 cm³/mol. The van der Waals surface area contributed by atoms with E-state index in [1.54, 1.807) is 0 Å². The topological polar surface area (TPSA) is 119 Å². The minimum absolute atomic E-state index is 0.0520. The van der Waals surface area contributed by atoms with Gasteiger partial charge in [-0.15, -0.1) is 0 Å². The van der Waals surface area contributed by atoms with E-state index in [2.05, 4.69) is 31.3 Å². The van der Waals surface area contributed by atoms with E-state index in [0.717, 1.165) is 51.4 Å². The Kier molecular flexibility index (Phi) is 22.5. The molecule has 0 saturated carbocycles. The van der Waals surface area contributed by atoms with Crippen LogP contribution < -0.4 is 11.1 Å². The number of esters is 1. The van der Waals surface area contributed by atoms with Crippen molar-refractivity contribution in [1.82, 2.24) is 5.32 Å². The summed E-state index contributed by atoms with van der Waals surface area (Å²) in [6.45, 7) is 4.68. The summed E-state index contributed by atoms with van der Waals surface area (Å²) in [7, 11) is 0. The highest BCUT2D eigenvalue weighted by Crippen LogP contribution is 2.15. The molecule has 7 heteroatoms. The molecule has 35 heavy (non-hydrogen) atoms. The Balaban J connectivity index is 3.94. The second kappa shape index (κ2) is 23.8. The zero-order valence-corrected chi connectivity index (χ0v) is 22.4. The number of unbranched alkanes of at least 4 members (excludes halogenated alkanes) is 8. The molecule has 0 rings (SSSR count). The fraction of sp³-hybridized carbons (Fsp3) is 0.821. The predicted octanol–water partition coefficient (Wildman–Crippen LogP) is 6.04. The van der Waals surface area contributed by atoms with Gasteiger partial charge in [0.2, 0.25) is 5.91 Å². The van der Waals surface area contributed by atoms with Crippen LogP contribution in [-0.2, 0) is 19.1 Å². The molecule has 0 aliphatic rings. The van der Waals surface area contributed by atoms with Crippen LogP contribution in [0.15, 0.2) is 12.2 Å². The van der Waals surface area contributed by atoms with Crippen LogP contribution >= 0.6 is 0 Å². The van der Waals surface area contributed by atoms with Crippen molar-refractivity contribution in [1.29, 1.82) is 0 Å². The number of carbonyl (C=O) groups excluding carboxylic acids is 2. The molecule has 0 aromatic carbocycles. The van der Waals surface area contributed by atoms with Crippen LogP contribution in [-0.4, -0.2) is 41.6 Å². The van der Waals surface area contributed by atoms with Crippen molar-refractivity contribution in [3.8, 4) is 0 Å². The van der Waals surface area contributed by atoms with E-state index in [9.17, 15) is 19.5 Å². The summed E-state index contributed by atoms with van der Waals surface area (Å²) in [5, 5.41) is 11.8. The second-order valence-electron chi connectivity index (χ2n) is 9.46. The van der Waals surface area contributed by atoms with Crippen molar-refractivity contribution in [2.45, 2.75) is 142 Å². The standard InChI is InChI=1S/C28H52N2O5/c1-3-5-6-7-8-9-10-11-12-16-22-27(32)35-24(18-4-2)19-14-13-15-21-26(31)30-25(28(33)34)20-17-23-29/h6-7,24-25H,3-5,8-23,29H2,1-2H3,(H,30,31)(H,33,34)/b7-6-. The Morgan fingerprint density at radius 1 is 0.800 bits per heavy atom. The van der Waals surface area contributed by atoms with E-state index < -0.39 is 12.0 Å². The molecule has 0 fully saturated rings. The van der Waals surface area contributed by atoms with Gasteiger partial charge in [0.15, 0.2) is 0 Å². The van der Waals surface area contributed by atoms with E-state index in [1.807, 2.05) is 0 Å². The van der Waals surface area contributed by atoms with Gasteiger partial charge in [0.25, 0.3) is 0 Å². The fourth-order valence-corrected chi connectivity index (χ4v) is 3.97. The maximum Gasteiger partial charge on any atom is 0.326 e. The Labute approximate surface area is 213 Å². The van der Waals surface area contributed by atoms with Crippen molar-refractivity contribution in [2.75, 3.05) is 6.54 Å². The van der Waals surface area contributed by atoms with Gasteiger partial charge >= 0.3 is 11.9 Å². The number of hydrogen-bond acceptors (Lipinski definition) is 5. The van der Waals surface area contributed by atoms with Crippen LogP contribution in [0.25, 0.3) is 0 Å². The highest BCUT2D eigenvalue weighted by molar-refractivity contribution is 5.83. The van der Waals surface area contributed by atoms with Crippen LogP contribution in [0.5, 0.6) is 0 Å². The molecule has 0 bridgehead atoms. The molecule has 0 aliphatic carbocycles. The first kappa shape index (κ1) is 33.1. The number of hydrogen-bond donors (Lipinski definition) is 3. The maximum atomic E-state index is 12.2. The Morgan fingerprint density at radius 2 is 1.46 bits per heavy atom. The van der Waals surface area contributed by atoms with E-state index in [0.29, 0.717) is 38.6 Å². The number of carboxylic acids is 1. The van der Waals surface area contributed by atoms with Gasteiger partial charge in [-0.3, -0.25) is 9.59 Å². The molecule has 2 unspecified atom stereocenters. The normalized spacial score (nSPS) is 13.0. The maximum absolute atomic E-state index is 12.2. The molecule has 2 atom stereocenters. The molecule has 0 radical (unpaired) electrons.